The highest BCUT2D eigenvalue weighted by Crippen LogP contribution is 2.24. The molecule has 1 aliphatic heterocycles. The summed E-state index contributed by atoms with van der Waals surface area (Å²) in [5.41, 5.74) is 0.737. The third-order valence-electron chi connectivity index (χ3n) is 5.57. The number of hydrogen-bond acceptors (Lipinski definition) is 5. The molecular formula is C20H26N4O2. The zero-order valence-corrected chi connectivity index (χ0v) is 15.1. The molecule has 1 amide bonds. The first-order valence-corrected chi connectivity index (χ1v) is 9.72. The van der Waals surface area contributed by atoms with E-state index in [-0.39, 0.29) is 11.8 Å². The quantitative estimate of drug-likeness (QED) is 0.911. The van der Waals surface area contributed by atoms with Gasteiger partial charge < -0.3 is 14.6 Å². The number of carbonyl (C=O) groups excluding carboxylic acids is 1. The standard InChI is InChI=1S/C20H26N4O2/c25-20(21-16-5-2-1-3-6-16)15-10-12-24(13-11-15)19-9-8-17(22-23-19)18-7-4-14-26-18/h4,7-9,14-16H,1-3,5-6,10-13H2,(H,21,25). The third kappa shape index (κ3) is 3.89. The van der Waals surface area contributed by atoms with Gasteiger partial charge in [-0.1, -0.05) is 19.3 Å². The highest BCUT2D eigenvalue weighted by Gasteiger charge is 2.27. The summed E-state index contributed by atoms with van der Waals surface area (Å²) in [4.78, 5) is 14.7. The van der Waals surface area contributed by atoms with E-state index in [4.69, 9.17) is 4.42 Å². The topological polar surface area (TPSA) is 71.3 Å². The summed E-state index contributed by atoms with van der Waals surface area (Å²) in [6.07, 6.45) is 9.47. The van der Waals surface area contributed by atoms with Crippen LogP contribution in [0.2, 0.25) is 0 Å². The zero-order chi connectivity index (χ0) is 17.8. The molecule has 0 unspecified atom stereocenters. The van der Waals surface area contributed by atoms with Gasteiger partial charge in [-0.3, -0.25) is 4.79 Å². The molecule has 1 N–H and O–H groups in total. The van der Waals surface area contributed by atoms with E-state index < -0.39 is 0 Å². The van der Waals surface area contributed by atoms with Crippen molar-refractivity contribution in [2.75, 3.05) is 18.0 Å². The molecule has 1 saturated carbocycles. The van der Waals surface area contributed by atoms with Crippen LogP contribution in [0.5, 0.6) is 0 Å². The van der Waals surface area contributed by atoms with Crippen LogP contribution in [-0.2, 0) is 4.79 Å². The van der Waals surface area contributed by atoms with E-state index in [1.807, 2.05) is 24.3 Å². The number of anilines is 1. The van der Waals surface area contributed by atoms with Gasteiger partial charge in [0.25, 0.3) is 0 Å². The predicted octanol–water partition coefficient (Wildman–Crippen LogP) is 3.40. The van der Waals surface area contributed by atoms with Crippen molar-refractivity contribution in [2.24, 2.45) is 5.92 Å². The number of rotatable bonds is 4. The summed E-state index contributed by atoms with van der Waals surface area (Å²) in [6.45, 7) is 1.69. The van der Waals surface area contributed by atoms with Gasteiger partial charge in [0, 0.05) is 25.0 Å². The van der Waals surface area contributed by atoms with Crippen molar-refractivity contribution in [1.82, 2.24) is 15.5 Å². The Morgan fingerprint density at radius 1 is 1.04 bits per heavy atom. The number of nitrogens with zero attached hydrogens (tertiary/aromatic N) is 3. The maximum Gasteiger partial charge on any atom is 0.223 e. The smallest absolute Gasteiger partial charge is 0.223 e. The first-order chi connectivity index (χ1) is 12.8. The van der Waals surface area contributed by atoms with E-state index in [0.29, 0.717) is 6.04 Å². The molecular weight excluding hydrogens is 328 g/mol. The van der Waals surface area contributed by atoms with Gasteiger partial charge in [-0.15, -0.1) is 10.2 Å². The molecule has 0 atom stereocenters. The molecule has 4 rings (SSSR count). The fraction of sp³-hybridized carbons (Fsp3) is 0.550. The first kappa shape index (κ1) is 17.1. The van der Waals surface area contributed by atoms with Gasteiger partial charge in [0.05, 0.1) is 6.26 Å². The fourth-order valence-electron chi connectivity index (χ4n) is 3.99. The molecule has 1 aliphatic carbocycles. The minimum Gasteiger partial charge on any atom is -0.463 e. The number of amides is 1. The average Bonchev–Trinajstić information content (AvgIpc) is 3.24. The second kappa shape index (κ2) is 7.89. The van der Waals surface area contributed by atoms with E-state index in [2.05, 4.69) is 20.4 Å². The molecule has 0 radical (unpaired) electrons. The summed E-state index contributed by atoms with van der Waals surface area (Å²) in [5, 5.41) is 11.9. The van der Waals surface area contributed by atoms with Crippen LogP contribution >= 0.6 is 0 Å². The van der Waals surface area contributed by atoms with Crippen molar-refractivity contribution < 1.29 is 9.21 Å². The number of carbonyl (C=O) groups is 1. The number of hydrogen-bond donors (Lipinski definition) is 1. The monoisotopic (exact) mass is 354 g/mol. The van der Waals surface area contributed by atoms with Crippen molar-refractivity contribution in [3.05, 3.63) is 30.5 Å². The van der Waals surface area contributed by atoms with Crippen molar-refractivity contribution in [2.45, 2.75) is 51.0 Å². The Bertz CT molecular complexity index is 700. The fourth-order valence-corrected chi connectivity index (χ4v) is 3.99. The van der Waals surface area contributed by atoms with Gasteiger partial charge in [-0.2, -0.15) is 0 Å². The molecule has 0 spiro atoms. The number of nitrogens with one attached hydrogen (secondary N) is 1. The third-order valence-corrected chi connectivity index (χ3v) is 5.57. The van der Waals surface area contributed by atoms with E-state index in [9.17, 15) is 4.79 Å². The van der Waals surface area contributed by atoms with E-state index >= 15 is 0 Å². The summed E-state index contributed by atoms with van der Waals surface area (Å²) in [6, 6.07) is 8.03. The van der Waals surface area contributed by atoms with Gasteiger partial charge >= 0.3 is 0 Å². The molecule has 0 aromatic carbocycles. The zero-order valence-electron chi connectivity index (χ0n) is 15.1. The lowest BCUT2D eigenvalue weighted by Gasteiger charge is -2.33. The summed E-state index contributed by atoms with van der Waals surface area (Å²) in [7, 11) is 0. The molecule has 2 aliphatic rings. The number of piperidine rings is 1. The molecule has 2 fully saturated rings. The van der Waals surface area contributed by atoms with Crippen LogP contribution < -0.4 is 10.2 Å². The maximum absolute atomic E-state index is 12.5. The summed E-state index contributed by atoms with van der Waals surface area (Å²) in [5.74, 6) is 1.97. The van der Waals surface area contributed by atoms with Crippen molar-refractivity contribution in [1.29, 1.82) is 0 Å². The Hall–Kier alpha value is -2.37. The van der Waals surface area contributed by atoms with Gasteiger partial charge in [0.2, 0.25) is 5.91 Å². The van der Waals surface area contributed by atoms with Gasteiger partial charge in [-0.25, -0.2) is 0 Å². The minimum absolute atomic E-state index is 0.128. The van der Waals surface area contributed by atoms with Gasteiger partial charge in [-0.05, 0) is 49.9 Å². The van der Waals surface area contributed by atoms with E-state index in [1.54, 1.807) is 6.26 Å². The van der Waals surface area contributed by atoms with Crippen molar-refractivity contribution in [3.63, 3.8) is 0 Å². The Morgan fingerprint density at radius 3 is 2.50 bits per heavy atom. The Labute approximate surface area is 154 Å². The molecule has 6 heteroatoms. The van der Waals surface area contributed by atoms with Crippen LogP contribution in [0.4, 0.5) is 5.82 Å². The largest absolute Gasteiger partial charge is 0.463 e. The summed E-state index contributed by atoms with van der Waals surface area (Å²) >= 11 is 0. The SMILES string of the molecule is O=C(NC1CCCCC1)C1CCN(c2ccc(-c3ccco3)nn2)CC1. The van der Waals surface area contributed by atoms with Crippen LogP contribution in [0, 0.1) is 5.92 Å². The van der Waals surface area contributed by atoms with E-state index in [1.165, 1.54) is 19.3 Å². The van der Waals surface area contributed by atoms with E-state index in [0.717, 1.165) is 56.0 Å². The molecule has 1 saturated heterocycles. The predicted molar refractivity (Wildman–Crippen MR) is 99.7 cm³/mol. The summed E-state index contributed by atoms with van der Waals surface area (Å²) < 4.78 is 5.35. The first-order valence-electron chi connectivity index (χ1n) is 9.72. The van der Waals surface area contributed by atoms with Crippen LogP contribution in [0.25, 0.3) is 11.5 Å². The lowest BCUT2D eigenvalue weighted by Crippen LogP contribution is -2.44. The van der Waals surface area contributed by atoms with Crippen LogP contribution in [0.15, 0.2) is 34.9 Å². The minimum atomic E-state index is 0.128. The van der Waals surface area contributed by atoms with Gasteiger partial charge in [0.1, 0.15) is 5.69 Å². The Morgan fingerprint density at radius 2 is 1.85 bits per heavy atom. The second-order valence-corrected chi connectivity index (χ2v) is 7.36. The molecule has 2 aromatic heterocycles. The number of furan rings is 1. The van der Waals surface area contributed by atoms with Crippen LogP contribution in [0.1, 0.15) is 44.9 Å². The molecule has 3 heterocycles. The molecule has 138 valence electrons. The maximum atomic E-state index is 12.5. The Kier molecular flexibility index (Phi) is 5.18. The van der Waals surface area contributed by atoms with Crippen molar-refractivity contribution >= 4 is 11.7 Å². The lowest BCUT2D eigenvalue weighted by molar-refractivity contribution is -0.126. The average molecular weight is 354 g/mol. The highest BCUT2D eigenvalue weighted by molar-refractivity contribution is 5.79. The molecule has 6 nitrogen and oxygen atoms in total. The number of aromatic nitrogens is 2. The second-order valence-electron chi connectivity index (χ2n) is 7.36. The van der Waals surface area contributed by atoms with Gasteiger partial charge in [0.15, 0.2) is 11.6 Å². The van der Waals surface area contributed by atoms with Crippen LogP contribution in [0.3, 0.4) is 0 Å². The Balaban J connectivity index is 1.29. The lowest BCUT2D eigenvalue weighted by atomic mass is 9.92. The molecule has 2 aromatic rings. The normalized spacial score (nSPS) is 19.5. The van der Waals surface area contributed by atoms with Crippen molar-refractivity contribution in [3.8, 4) is 11.5 Å². The molecule has 26 heavy (non-hydrogen) atoms. The molecule has 0 bridgehead atoms. The van der Waals surface area contributed by atoms with Crippen LogP contribution in [-0.4, -0.2) is 35.2 Å². The highest BCUT2D eigenvalue weighted by atomic mass is 16.3.